The number of benzene rings is 4. The van der Waals surface area contributed by atoms with Crippen molar-refractivity contribution in [3.63, 3.8) is 0 Å². The number of hydrogen-bond donors (Lipinski definition) is 2. The predicted octanol–water partition coefficient (Wildman–Crippen LogP) is 6.50. The van der Waals surface area contributed by atoms with Gasteiger partial charge in [-0.05, 0) is 86.1 Å². The molecule has 54 heavy (non-hydrogen) atoms. The van der Waals surface area contributed by atoms with Gasteiger partial charge in [0.1, 0.15) is 11.5 Å². The van der Waals surface area contributed by atoms with Gasteiger partial charge in [-0.2, -0.15) is 0 Å². The summed E-state index contributed by atoms with van der Waals surface area (Å²) in [4.78, 5) is 59.9. The minimum absolute atomic E-state index is 0.00292. The van der Waals surface area contributed by atoms with Crippen molar-refractivity contribution in [2.24, 2.45) is 5.92 Å². The summed E-state index contributed by atoms with van der Waals surface area (Å²) < 4.78 is 18.8. The van der Waals surface area contributed by atoms with E-state index in [1.54, 1.807) is 33.9 Å². The van der Waals surface area contributed by atoms with Gasteiger partial charge in [-0.15, -0.1) is 0 Å². The third-order valence-electron chi connectivity index (χ3n) is 11.6. The lowest BCUT2D eigenvalue weighted by Crippen LogP contribution is -2.46. The zero-order valence-electron chi connectivity index (χ0n) is 30.9. The number of fused-ring (bicyclic) bond motifs is 4. The highest BCUT2D eigenvalue weighted by atomic mass is 28.4. The molecule has 0 aliphatic carbocycles. The van der Waals surface area contributed by atoms with E-state index in [0.717, 1.165) is 18.4 Å². The predicted molar refractivity (Wildman–Crippen MR) is 206 cm³/mol. The van der Waals surface area contributed by atoms with Gasteiger partial charge in [0.2, 0.25) is 5.91 Å². The molecule has 4 aliphatic rings. The molecule has 4 heterocycles. The molecule has 4 aromatic rings. The molecule has 0 bridgehead atoms. The maximum atomic E-state index is 15.1. The normalized spacial score (nSPS) is 24.7. The van der Waals surface area contributed by atoms with Gasteiger partial charge >= 0.3 is 0 Å². The van der Waals surface area contributed by atoms with Gasteiger partial charge < -0.3 is 33.9 Å². The second-order valence-corrected chi connectivity index (χ2v) is 19.3. The van der Waals surface area contributed by atoms with Crippen molar-refractivity contribution in [1.29, 1.82) is 0 Å². The Kier molecular flexibility index (Phi) is 9.12. The van der Waals surface area contributed by atoms with Crippen LogP contribution >= 0.6 is 0 Å². The molecular formula is C42H45N3O8Si. The molecule has 2 saturated heterocycles. The van der Waals surface area contributed by atoms with Crippen molar-refractivity contribution in [1.82, 2.24) is 4.90 Å². The van der Waals surface area contributed by atoms with E-state index < -0.39 is 31.5 Å². The van der Waals surface area contributed by atoms with Gasteiger partial charge in [0, 0.05) is 29.3 Å². The molecule has 4 aromatic carbocycles. The first-order chi connectivity index (χ1) is 26.0. The average molecular weight is 748 g/mol. The highest BCUT2D eigenvalue weighted by Crippen LogP contribution is 2.60. The van der Waals surface area contributed by atoms with Crippen molar-refractivity contribution in [3.8, 4) is 17.2 Å². The number of hydrogen-bond acceptors (Lipinski definition) is 8. The summed E-state index contributed by atoms with van der Waals surface area (Å²) in [6, 6.07) is 27.4. The quantitative estimate of drug-likeness (QED) is 0.196. The zero-order chi connectivity index (χ0) is 37.9. The summed E-state index contributed by atoms with van der Waals surface area (Å²) in [6.45, 7) is 6.23. The molecule has 3 amide bonds. The number of anilines is 3. The van der Waals surface area contributed by atoms with Gasteiger partial charge in [0.05, 0.1) is 55.8 Å². The van der Waals surface area contributed by atoms with Gasteiger partial charge in [-0.25, -0.2) is 0 Å². The summed E-state index contributed by atoms with van der Waals surface area (Å²) in [7, 11) is -1.46. The number of ether oxygens (including phenoxy) is 3. The van der Waals surface area contributed by atoms with Crippen LogP contribution in [0.3, 0.4) is 0 Å². The first-order valence-corrected chi connectivity index (χ1v) is 21.6. The maximum Gasteiger partial charge on any atom is 0.266 e. The van der Waals surface area contributed by atoms with E-state index >= 15 is 4.79 Å². The highest BCUT2D eigenvalue weighted by molar-refractivity contribution is 6.71. The van der Waals surface area contributed by atoms with Gasteiger partial charge in [-0.1, -0.05) is 43.3 Å². The lowest BCUT2D eigenvalue weighted by Gasteiger charge is -2.33. The Morgan fingerprint density at radius 3 is 2.48 bits per heavy atom. The number of methoxy groups -OCH3 is 1. The zero-order valence-corrected chi connectivity index (χ0v) is 31.9. The minimum Gasteiger partial charge on any atom is -0.497 e. The molecule has 4 aliphatic heterocycles. The Morgan fingerprint density at radius 2 is 1.72 bits per heavy atom. The second-order valence-electron chi connectivity index (χ2n) is 15.3. The fourth-order valence-corrected chi connectivity index (χ4v) is 11.8. The Labute approximate surface area is 315 Å². The van der Waals surface area contributed by atoms with Crippen molar-refractivity contribution in [2.75, 3.05) is 30.1 Å². The standard InChI is InChI=1S/C42H45N3O8Si/c1-26-39(54(3,4)50)37(23-38(47)43-20-10-13-29(43)25-46)53-42(26)32-22-30(51-2)18-19-33(32)44(41(42)49)24-27-11-9-12-28(21-27)45-34-15-6-8-17-36(34)52-35-16-7-5-14-31(35)40(45)48/h5-9,11-12,14-19,21-22,26,29,37,39,46,50H,10,13,20,23-25H2,1-4H3/t26-,29+,37+,39-,42+/m1/s1. The number of carbonyl (C=O) groups is 3. The molecule has 0 unspecified atom stereocenters. The first-order valence-electron chi connectivity index (χ1n) is 18.6. The highest BCUT2D eigenvalue weighted by Gasteiger charge is 2.66. The van der Waals surface area contributed by atoms with E-state index in [-0.39, 0.29) is 43.3 Å². The summed E-state index contributed by atoms with van der Waals surface area (Å²) >= 11 is 0. The molecule has 2 N–H and O–H groups in total. The Hall–Kier alpha value is -5.01. The summed E-state index contributed by atoms with van der Waals surface area (Å²) in [5, 5.41) is 9.93. The van der Waals surface area contributed by atoms with Crippen LogP contribution in [0.25, 0.3) is 0 Å². The third kappa shape index (κ3) is 5.79. The molecule has 1 spiro atoms. The fraction of sp³-hybridized carbons (Fsp3) is 0.357. The van der Waals surface area contributed by atoms with E-state index in [1.807, 2.05) is 98.9 Å². The third-order valence-corrected chi connectivity index (χ3v) is 14.1. The fourth-order valence-electron chi connectivity index (χ4n) is 9.23. The molecule has 0 saturated carbocycles. The molecule has 280 valence electrons. The Balaban J connectivity index is 1.16. The van der Waals surface area contributed by atoms with E-state index in [4.69, 9.17) is 14.2 Å². The molecular weight excluding hydrogens is 703 g/mol. The van der Waals surface area contributed by atoms with Crippen LogP contribution in [0.15, 0.2) is 91.0 Å². The van der Waals surface area contributed by atoms with Crippen molar-refractivity contribution < 1.29 is 38.5 Å². The van der Waals surface area contributed by atoms with Gasteiger partial charge in [0.25, 0.3) is 11.8 Å². The maximum absolute atomic E-state index is 15.1. The van der Waals surface area contributed by atoms with Crippen LogP contribution < -0.4 is 19.3 Å². The monoisotopic (exact) mass is 747 g/mol. The summed E-state index contributed by atoms with van der Waals surface area (Å²) in [5.74, 6) is 0.427. The van der Waals surface area contributed by atoms with E-state index in [9.17, 15) is 19.5 Å². The number of likely N-dealkylation sites (tertiary alicyclic amines) is 1. The lowest BCUT2D eigenvalue weighted by molar-refractivity contribution is -0.150. The first kappa shape index (κ1) is 36.0. The van der Waals surface area contributed by atoms with E-state index in [2.05, 4.69) is 0 Å². The minimum atomic E-state index is -3.03. The SMILES string of the molecule is COc1ccc2c(c1)[C@]1(O[C@@H](CC(=O)N3CCC[C@H]3CO)[C@H]([Si](C)(C)O)[C@H]1C)C(=O)N2Cc1cccc(N2C(=O)c3ccccc3Oc3ccccc32)c1. The second kappa shape index (κ2) is 13.7. The lowest BCUT2D eigenvalue weighted by atomic mass is 9.82. The number of para-hydroxylation sites is 3. The van der Waals surface area contributed by atoms with Crippen LogP contribution in [-0.2, 0) is 26.5 Å². The average Bonchev–Trinajstić information content (AvgIpc) is 3.80. The summed E-state index contributed by atoms with van der Waals surface area (Å²) in [5.41, 5.74) is 1.78. The van der Waals surface area contributed by atoms with Crippen molar-refractivity contribution in [3.05, 3.63) is 108 Å². The smallest absolute Gasteiger partial charge is 0.266 e. The molecule has 5 atom stereocenters. The number of rotatable bonds is 8. The van der Waals surface area contributed by atoms with Crippen molar-refractivity contribution >= 4 is 43.1 Å². The largest absolute Gasteiger partial charge is 0.497 e. The van der Waals surface area contributed by atoms with E-state index in [1.165, 1.54) is 0 Å². The van der Waals surface area contributed by atoms with Gasteiger partial charge in [0.15, 0.2) is 19.7 Å². The molecule has 0 aromatic heterocycles. The summed E-state index contributed by atoms with van der Waals surface area (Å²) in [6.07, 6.45) is 0.828. The van der Waals surface area contributed by atoms with E-state index in [0.29, 0.717) is 52.0 Å². The van der Waals surface area contributed by atoms with Crippen LogP contribution in [0.1, 0.15) is 47.7 Å². The van der Waals surface area contributed by atoms with Crippen LogP contribution in [0.4, 0.5) is 17.1 Å². The Bertz CT molecular complexity index is 2140. The number of carbonyl (C=O) groups excluding carboxylic acids is 3. The van der Waals surface area contributed by atoms with Crippen LogP contribution in [-0.4, -0.2) is 73.2 Å². The van der Waals surface area contributed by atoms with Crippen LogP contribution in [0.5, 0.6) is 17.2 Å². The van der Waals surface area contributed by atoms with Crippen LogP contribution in [0, 0.1) is 5.92 Å². The molecule has 0 radical (unpaired) electrons. The molecule has 11 nitrogen and oxygen atoms in total. The Morgan fingerprint density at radius 1 is 0.963 bits per heavy atom. The number of amides is 3. The number of nitrogens with zero attached hydrogens (tertiary/aromatic N) is 3. The van der Waals surface area contributed by atoms with Crippen LogP contribution in [0.2, 0.25) is 18.6 Å². The number of aliphatic hydroxyl groups excluding tert-OH is 1. The topological polar surface area (TPSA) is 129 Å². The van der Waals surface area contributed by atoms with Gasteiger partial charge in [-0.3, -0.25) is 19.3 Å². The molecule has 12 heteroatoms. The van der Waals surface area contributed by atoms with Crippen molar-refractivity contribution in [2.45, 2.75) is 69.1 Å². The molecule has 8 rings (SSSR count). The molecule has 2 fully saturated rings. The number of aliphatic hydroxyl groups is 1.